The fourth-order valence-electron chi connectivity index (χ4n) is 4.34. The molecule has 0 bridgehead atoms. The molecule has 182 valence electrons. The van der Waals surface area contributed by atoms with Gasteiger partial charge in [-0.1, -0.05) is 48.5 Å². The van der Waals surface area contributed by atoms with Crippen molar-refractivity contribution in [3.8, 4) is 5.69 Å². The molecule has 0 aliphatic carbocycles. The largest absolute Gasteiger partial charge is 0.376 e. The van der Waals surface area contributed by atoms with Crippen molar-refractivity contribution in [3.63, 3.8) is 0 Å². The normalized spacial score (nSPS) is 15.9. The Labute approximate surface area is 220 Å². The van der Waals surface area contributed by atoms with Gasteiger partial charge in [0.15, 0.2) is 5.96 Å². The Kier molecular flexibility index (Phi) is 10.4. The highest BCUT2D eigenvalue weighted by Gasteiger charge is 2.24. The molecule has 1 N–H and O–H groups in total. The highest BCUT2D eigenvalue weighted by molar-refractivity contribution is 14.0. The summed E-state index contributed by atoms with van der Waals surface area (Å²) in [6.45, 7) is 6.50. The quantitative estimate of drug-likeness (QED) is 0.172. The predicted molar refractivity (Wildman–Crippen MR) is 149 cm³/mol. The average molecular weight is 574 g/mol. The molecule has 0 saturated carbocycles. The number of halogens is 1. The van der Waals surface area contributed by atoms with Gasteiger partial charge in [-0.05, 0) is 49.4 Å². The lowest BCUT2D eigenvalue weighted by Crippen LogP contribution is -2.40. The van der Waals surface area contributed by atoms with E-state index in [2.05, 4.69) is 69.8 Å². The number of likely N-dealkylation sites (tertiary alicyclic amines) is 1. The zero-order chi connectivity index (χ0) is 22.9. The molecule has 4 rings (SSSR count). The second-order valence-electron chi connectivity index (χ2n) is 8.70. The van der Waals surface area contributed by atoms with Crippen LogP contribution in [0, 0.1) is 12.8 Å². The number of guanidine groups is 1. The van der Waals surface area contributed by atoms with Crippen LogP contribution in [0.5, 0.6) is 0 Å². The van der Waals surface area contributed by atoms with Gasteiger partial charge in [-0.2, -0.15) is 5.10 Å². The number of hydrogen-bond acceptors (Lipinski definition) is 3. The van der Waals surface area contributed by atoms with Crippen LogP contribution in [0.2, 0.25) is 0 Å². The lowest BCUT2D eigenvalue weighted by atomic mass is 10.1. The van der Waals surface area contributed by atoms with E-state index in [1.807, 2.05) is 36.0 Å². The van der Waals surface area contributed by atoms with Gasteiger partial charge < -0.3 is 15.0 Å². The van der Waals surface area contributed by atoms with E-state index in [0.717, 1.165) is 62.8 Å². The van der Waals surface area contributed by atoms with Gasteiger partial charge in [0, 0.05) is 38.8 Å². The van der Waals surface area contributed by atoms with Gasteiger partial charge >= 0.3 is 0 Å². The van der Waals surface area contributed by atoms with Crippen molar-refractivity contribution in [1.82, 2.24) is 20.0 Å². The summed E-state index contributed by atoms with van der Waals surface area (Å²) in [7, 11) is 1.87. The van der Waals surface area contributed by atoms with E-state index in [9.17, 15) is 0 Å². The van der Waals surface area contributed by atoms with Crippen LogP contribution < -0.4 is 5.32 Å². The summed E-state index contributed by atoms with van der Waals surface area (Å²) in [4.78, 5) is 6.87. The first-order valence-corrected chi connectivity index (χ1v) is 11.9. The highest BCUT2D eigenvalue weighted by Crippen LogP contribution is 2.18. The molecule has 1 aliphatic rings. The summed E-state index contributed by atoms with van der Waals surface area (Å²) in [6, 6.07) is 20.6. The molecular weight excluding hydrogens is 537 g/mol. The molecule has 1 unspecified atom stereocenters. The van der Waals surface area contributed by atoms with Crippen molar-refractivity contribution in [2.45, 2.75) is 32.8 Å². The number of aromatic nitrogens is 2. The third kappa shape index (κ3) is 7.30. The van der Waals surface area contributed by atoms with Crippen molar-refractivity contribution in [1.29, 1.82) is 0 Å². The van der Waals surface area contributed by atoms with E-state index in [0.29, 0.717) is 12.5 Å². The number of ether oxygens (including phenoxy) is 1. The number of hydrogen-bond donors (Lipinski definition) is 1. The van der Waals surface area contributed by atoms with Gasteiger partial charge in [0.25, 0.3) is 0 Å². The van der Waals surface area contributed by atoms with Crippen LogP contribution in [0.25, 0.3) is 5.69 Å². The molecule has 2 heterocycles. The maximum Gasteiger partial charge on any atom is 0.193 e. The van der Waals surface area contributed by atoms with Crippen molar-refractivity contribution in [3.05, 3.63) is 83.7 Å². The maximum atomic E-state index is 5.96. The lowest BCUT2D eigenvalue weighted by Gasteiger charge is -2.21. The molecule has 7 heteroatoms. The Morgan fingerprint density at radius 2 is 1.85 bits per heavy atom. The van der Waals surface area contributed by atoms with Gasteiger partial charge in [-0.15, -0.1) is 24.0 Å². The minimum Gasteiger partial charge on any atom is -0.376 e. The Morgan fingerprint density at radius 1 is 1.12 bits per heavy atom. The first kappa shape index (κ1) is 26.2. The van der Waals surface area contributed by atoms with Crippen LogP contribution in [-0.2, 0) is 17.8 Å². The summed E-state index contributed by atoms with van der Waals surface area (Å²) >= 11 is 0. The van der Waals surface area contributed by atoms with E-state index >= 15 is 0 Å². The predicted octanol–water partition coefficient (Wildman–Crippen LogP) is 4.85. The first-order chi connectivity index (χ1) is 16.2. The Morgan fingerprint density at radius 3 is 2.59 bits per heavy atom. The smallest absolute Gasteiger partial charge is 0.193 e. The second kappa shape index (κ2) is 13.5. The molecular formula is C27H36IN5O. The van der Waals surface area contributed by atoms with Gasteiger partial charge in [-0.25, -0.2) is 4.68 Å². The van der Waals surface area contributed by atoms with Crippen LogP contribution in [0.4, 0.5) is 0 Å². The van der Waals surface area contributed by atoms with Crippen molar-refractivity contribution >= 4 is 29.9 Å². The molecule has 0 spiro atoms. The third-order valence-corrected chi connectivity index (χ3v) is 6.19. The fraction of sp³-hybridized carbons (Fsp3) is 0.407. The lowest BCUT2D eigenvalue weighted by molar-refractivity contribution is 0.0907. The monoisotopic (exact) mass is 573 g/mol. The van der Waals surface area contributed by atoms with Crippen molar-refractivity contribution in [2.75, 3.05) is 33.3 Å². The zero-order valence-corrected chi connectivity index (χ0v) is 22.5. The fourth-order valence-corrected chi connectivity index (χ4v) is 4.34. The van der Waals surface area contributed by atoms with Crippen molar-refractivity contribution in [2.24, 2.45) is 10.9 Å². The van der Waals surface area contributed by atoms with E-state index < -0.39 is 0 Å². The zero-order valence-electron chi connectivity index (χ0n) is 20.2. The number of para-hydroxylation sites is 1. The molecule has 1 saturated heterocycles. The van der Waals surface area contributed by atoms with Crippen LogP contribution in [0.15, 0.2) is 71.9 Å². The Bertz CT molecular complexity index is 1020. The molecule has 0 amide bonds. The Balaban J connectivity index is 0.00000324. The minimum atomic E-state index is 0. The van der Waals surface area contributed by atoms with Crippen LogP contribution >= 0.6 is 24.0 Å². The summed E-state index contributed by atoms with van der Waals surface area (Å²) in [5.74, 6) is 1.55. The van der Waals surface area contributed by atoms with Crippen LogP contribution in [0.3, 0.4) is 0 Å². The van der Waals surface area contributed by atoms with Gasteiger partial charge in [0.1, 0.15) is 0 Å². The summed E-state index contributed by atoms with van der Waals surface area (Å²) in [5.41, 5.74) is 4.73. The van der Waals surface area contributed by atoms with E-state index in [1.54, 1.807) is 0 Å². The van der Waals surface area contributed by atoms with Crippen LogP contribution in [-0.4, -0.2) is 53.9 Å². The van der Waals surface area contributed by atoms with E-state index in [4.69, 9.17) is 4.74 Å². The third-order valence-electron chi connectivity index (χ3n) is 6.19. The number of rotatable bonds is 9. The van der Waals surface area contributed by atoms with Gasteiger partial charge in [0.2, 0.25) is 0 Å². The van der Waals surface area contributed by atoms with Gasteiger partial charge in [0.05, 0.1) is 24.6 Å². The number of benzene rings is 2. The number of nitrogens with zero attached hydrogens (tertiary/aromatic N) is 4. The highest BCUT2D eigenvalue weighted by atomic mass is 127. The number of aryl methyl sites for hydroxylation is 2. The van der Waals surface area contributed by atoms with Gasteiger partial charge in [-0.3, -0.25) is 4.99 Å². The summed E-state index contributed by atoms with van der Waals surface area (Å²) in [6.07, 6.45) is 5.34. The van der Waals surface area contributed by atoms with E-state index in [1.165, 1.54) is 11.1 Å². The molecule has 2 aromatic carbocycles. The molecule has 1 aromatic heterocycles. The molecule has 1 fully saturated rings. The first-order valence-electron chi connectivity index (χ1n) is 11.9. The topological polar surface area (TPSA) is 54.7 Å². The standard InChI is InChI=1S/C27H35N5O.HI/c1-22-25(19-32(30-22)26-13-7-4-8-14-26)12-9-16-29-27(28-2)31-17-15-24(18-31)21-33-20-23-10-5-3-6-11-23;/h3-8,10-11,13-14,19,24H,9,12,15-18,20-21H2,1-2H3,(H,28,29);1H. The Hall–Kier alpha value is -2.39. The van der Waals surface area contributed by atoms with Crippen molar-refractivity contribution < 1.29 is 4.74 Å². The summed E-state index contributed by atoms with van der Waals surface area (Å²) < 4.78 is 7.94. The molecule has 1 atom stereocenters. The molecule has 6 nitrogen and oxygen atoms in total. The maximum absolute atomic E-state index is 5.96. The number of aliphatic imine (C=N–C) groups is 1. The molecule has 3 aromatic rings. The number of nitrogens with one attached hydrogen (secondary N) is 1. The SMILES string of the molecule is CN=C(NCCCc1cn(-c2ccccc2)nc1C)N1CCC(COCc2ccccc2)C1.I. The molecule has 34 heavy (non-hydrogen) atoms. The summed E-state index contributed by atoms with van der Waals surface area (Å²) in [5, 5.41) is 8.23. The minimum absolute atomic E-state index is 0. The average Bonchev–Trinajstić information content (AvgIpc) is 3.47. The molecule has 0 radical (unpaired) electrons. The van der Waals surface area contributed by atoms with E-state index in [-0.39, 0.29) is 24.0 Å². The second-order valence-corrected chi connectivity index (χ2v) is 8.70. The van der Waals surface area contributed by atoms with Crippen LogP contribution in [0.1, 0.15) is 29.7 Å². The molecule has 1 aliphatic heterocycles.